The Hall–Kier alpha value is -3.42. The lowest BCUT2D eigenvalue weighted by atomic mass is 10.0. The van der Waals surface area contributed by atoms with Crippen LogP contribution in [0.25, 0.3) is 33.7 Å². The average molecular weight is 440 g/mol. The van der Waals surface area contributed by atoms with E-state index >= 15 is 0 Å². The molecule has 0 bridgehead atoms. The van der Waals surface area contributed by atoms with E-state index < -0.39 is 0 Å². The minimum Gasteiger partial charge on any atom is -0.368 e. The van der Waals surface area contributed by atoms with Gasteiger partial charge in [0, 0.05) is 43.9 Å². The molecule has 2 aromatic carbocycles. The van der Waals surface area contributed by atoms with Crippen LogP contribution in [0, 0.1) is 0 Å². The fourth-order valence-electron chi connectivity index (χ4n) is 4.18. The second-order valence-electron chi connectivity index (χ2n) is 8.47. The van der Waals surface area contributed by atoms with Crippen LogP contribution in [0.15, 0.2) is 67.0 Å². The first-order valence-corrected chi connectivity index (χ1v) is 11.6. The number of piperazine rings is 1. The second-order valence-corrected chi connectivity index (χ2v) is 8.47. The topological polar surface area (TPSA) is 70.1 Å². The molecular weight excluding hydrogens is 410 g/mol. The summed E-state index contributed by atoms with van der Waals surface area (Å²) in [5, 5.41) is 3.48. The van der Waals surface area contributed by atoms with E-state index in [-0.39, 0.29) is 0 Å². The van der Waals surface area contributed by atoms with Crippen molar-refractivity contribution in [2.24, 2.45) is 0 Å². The molecule has 1 saturated heterocycles. The Balaban J connectivity index is 1.41. The highest BCUT2D eigenvalue weighted by atomic mass is 15.2. The largest absolute Gasteiger partial charge is 0.368 e. The van der Waals surface area contributed by atoms with Crippen molar-refractivity contribution in [2.75, 3.05) is 51.6 Å². The van der Waals surface area contributed by atoms with Crippen molar-refractivity contribution in [3.05, 3.63) is 67.0 Å². The van der Waals surface area contributed by atoms with Gasteiger partial charge in [0.1, 0.15) is 6.33 Å². The molecule has 33 heavy (non-hydrogen) atoms. The molecule has 168 valence electrons. The monoisotopic (exact) mass is 439 g/mol. The summed E-state index contributed by atoms with van der Waals surface area (Å²) in [5.74, 6) is 0.739. The number of hydrogen-bond donors (Lipinski definition) is 1. The van der Waals surface area contributed by atoms with E-state index in [0.717, 1.165) is 74.0 Å². The predicted molar refractivity (Wildman–Crippen MR) is 133 cm³/mol. The third kappa shape index (κ3) is 4.99. The van der Waals surface area contributed by atoms with E-state index in [2.05, 4.69) is 56.4 Å². The normalized spacial score (nSPS) is 15.1. The van der Waals surface area contributed by atoms with E-state index in [0.29, 0.717) is 11.2 Å². The number of rotatable bonds is 7. The van der Waals surface area contributed by atoms with Gasteiger partial charge in [0.05, 0.1) is 11.4 Å². The van der Waals surface area contributed by atoms with Crippen molar-refractivity contribution in [2.45, 2.75) is 6.42 Å². The molecule has 1 N–H and O–H groups in total. The van der Waals surface area contributed by atoms with Crippen molar-refractivity contribution in [3.8, 4) is 22.5 Å². The van der Waals surface area contributed by atoms with Crippen molar-refractivity contribution in [3.63, 3.8) is 0 Å². The molecule has 2 aromatic heterocycles. The van der Waals surface area contributed by atoms with Crippen LogP contribution in [-0.4, -0.2) is 76.1 Å². The lowest BCUT2D eigenvalue weighted by Crippen LogP contribution is -2.44. The Labute approximate surface area is 194 Å². The van der Waals surface area contributed by atoms with E-state index in [1.54, 1.807) is 6.33 Å². The standard InChI is InChI=1S/C26H29N7/c1-32-15-17-33(18-16-32)14-8-13-27-25-24-26(29-19-28-25)31-23(21-11-6-3-7-12-21)22(30-24)20-9-4-2-5-10-20/h2-7,9-12,19H,8,13-18H2,1H3,(H,27,28,29,31). The third-order valence-electron chi connectivity index (χ3n) is 6.10. The van der Waals surface area contributed by atoms with Crippen LogP contribution in [0.1, 0.15) is 6.42 Å². The highest BCUT2D eigenvalue weighted by Crippen LogP contribution is 2.31. The Morgan fingerprint density at radius 1 is 0.788 bits per heavy atom. The molecule has 1 aliphatic heterocycles. The van der Waals surface area contributed by atoms with Gasteiger partial charge < -0.3 is 15.1 Å². The summed E-state index contributed by atoms with van der Waals surface area (Å²) in [6.07, 6.45) is 2.62. The Morgan fingerprint density at radius 2 is 1.42 bits per heavy atom. The minimum absolute atomic E-state index is 0.602. The van der Waals surface area contributed by atoms with E-state index in [9.17, 15) is 0 Å². The number of benzene rings is 2. The fraction of sp³-hybridized carbons (Fsp3) is 0.308. The van der Waals surface area contributed by atoms with Crippen LogP contribution in [-0.2, 0) is 0 Å². The van der Waals surface area contributed by atoms with E-state index in [1.807, 2.05) is 36.4 Å². The smallest absolute Gasteiger partial charge is 0.184 e. The van der Waals surface area contributed by atoms with Gasteiger partial charge in [-0.1, -0.05) is 60.7 Å². The molecule has 1 aliphatic rings. The number of nitrogens with zero attached hydrogens (tertiary/aromatic N) is 6. The number of hydrogen-bond acceptors (Lipinski definition) is 7. The van der Waals surface area contributed by atoms with Crippen LogP contribution in [0.2, 0.25) is 0 Å². The quantitative estimate of drug-likeness (QED) is 0.439. The molecule has 0 amide bonds. The molecule has 0 atom stereocenters. The maximum Gasteiger partial charge on any atom is 0.184 e. The highest BCUT2D eigenvalue weighted by molar-refractivity contribution is 5.89. The number of likely N-dealkylation sites (N-methyl/N-ethyl adjacent to an activating group) is 1. The molecule has 7 nitrogen and oxygen atoms in total. The predicted octanol–water partition coefficient (Wildman–Crippen LogP) is 3.80. The maximum absolute atomic E-state index is 5.03. The molecule has 4 aromatic rings. The number of anilines is 1. The highest BCUT2D eigenvalue weighted by Gasteiger charge is 2.17. The maximum atomic E-state index is 5.03. The van der Waals surface area contributed by atoms with E-state index in [4.69, 9.17) is 9.97 Å². The average Bonchev–Trinajstić information content (AvgIpc) is 2.88. The number of nitrogens with one attached hydrogen (secondary N) is 1. The van der Waals surface area contributed by atoms with Gasteiger partial charge >= 0.3 is 0 Å². The SMILES string of the molecule is CN1CCN(CCCNc2ncnc3nc(-c4ccccc4)c(-c4ccccc4)nc23)CC1. The summed E-state index contributed by atoms with van der Waals surface area (Å²) >= 11 is 0. The van der Waals surface area contributed by atoms with Crippen molar-refractivity contribution >= 4 is 17.0 Å². The zero-order chi connectivity index (χ0) is 22.5. The molecule has 0 spiro atoms. The Kier molecular flexibility index (Phi) is 6.51. The van der Waals surface area contributed by atoms with Gasteiger partial charge in [-0.15, -0.1) is 0 Å². The molecular formula is C26H29N7. The second kappa shape index (κ2) is 10.0. The lowest BCUT2D eigenvalue weighted by molar-refractivity contribution is 0.154. The summed E-state index contributed by atoms with van der Waals surface area (Å²) in [6.45, 7) is 6.49. The third-order valence-corrected chi connectivity index (χ3v) is 6.10. The molecule has 0 saturated carbocycles. The summed E-state index contributed by atoms with van der Waals surface area (Å²) in [5.41, 5.74) is 5.01. The van der Waals surface area contributed by atoms with Crippen molar-refractivity contribution < 1.29 is 0 Å². The van der Waals surface area contributed by atoms with Crippen LogP contribution < -0.4 is 5.32 Å². The summed E-state index contributed by atoms with van der Waals surface area (Å²) < 4.78 is 0. The van der Waals surface area contributed by atoms with Crippen molar-refractivity contribution in [1.82, 2.24) is 29.7 Å². The van der Waals surface area contributed by atoms with Gasteiger partial charge in [-0.05, 0) is 20.0 Å². The molecule has 5 rings (SSSR count). The Bertz CT molecular complexity index is 1190. The van der Waals surface area contributed by atoms with Crippen LogP contribution in [0.5, 0.6) is 0 Å². The van der Waals surface area contributed by atoms with Gasteiger partial charge in [-0.2, -0.15) is 0 Å². The van der Waals surface area contributed by atoms with Crippen LogP contribution >= 0.6 is 0 Å². The van der Waals surface area contributed by atoms with Gasteiger partial charge in [-0.25, -0.2) is 19.9 Å². The Morgan fingerprint density at radius 3 is 2.09 bits per heavy atom. The molecule has 3 heterocycles. The molecule has 0 unspecified atom stereocenters. The van der Waals surface area contributed by atoms with Gasteiger partial charge in [0.2, 0.25) is 0 Å². The summed E-state index contributed by atoms with van der Waals surface area (Å²) in [7, 11) is 2.19. The first kappa shape index (κ1) is 21.4. The number of aromatic nitrogens is 4. The van der Waals surface area contributed by atoms with Gasteiger partial charge in [0.15, 0.2) is 17.0 Å². The van der Waals surface area contributed by atoms with Crippen LogP contribution in [0.4, 0.5) is 5.82 Å². The summed E-state index contributed by atoms with van der Waals surface area (Å²) in [4.78, 5) is 23.8. The van der Waals surface area contributed by atoms with Crippen molar-refractivity contribution in [1.29, 1.82) is 0 Å². The minimum atomic E-state index is 0.602. The lowest BCUT2D eigenvalue weighted by Gasteiger charge is -2.32. The van der Waals surface area contributed by atoms with Crippen LogP contribution in [0.3, 0.4) is 0 Å². The molecule has 0 radical (unpaired) electrons. The van der Waals surface area contributed by atoms with E-state index in [1.165, 1.54) is 0 Å². The molecule has 0 aliphatic carbocycles. The zero-order valence-corrected chi connectivity index (χ0v) is 19.0. The van der Waals surface area contributed by atoms with Gasteiger partial charge in [-0.3, -0.25) is 0 Å². The first-order valence-electron chi connectivity index (χ1n) is 11.6. The molecule has 7 heteroatoms. The fourth-order valence-corrected chi connectivity index (χ4v) is 4.18. The summed E-state index contributed by atoms with van der Waals surface area (Å²) in [6, 6.07) is 20.3. The number of fused-ring (bicyclic) bond motifs is 1. The van der Waals surface area contributed by atoms with Gasteiger partial charge in [0.25, 0.3) is 0 Å². The molecule has 1 fully saturated rings. The zero-order valence-electron chi connectivity index (χ0n) is 19.0. The first-order chi connectivity index (χ1) is 16.3.